The monoisotopic (exact) mass is 366 g/mol. The molecule has 27 heavy (non-hydrogen) atoms. The molecule has 0 aliphatic carbocycles. The van der Waals surface area contributed by atoms with Gasteiger partial charge in [-0.25, -0.2) is 9.37 Å². The second kappa shape index (κ2) is 7.23. The first kappa shape index (κ1) is 17.3. The Kier molecular flexibility index (Phi) is 4.62. The van der Waals surface area contributed by atoms with E-state index in [9.17, 15) is 9.18 Å². The third-order valence-corrected chi connectivity index (χ3v) is 4.80. The molecule has 1 aromatic heterocycles. The van der Waals surface area contributed by atoms with E-state index in [1.165, 1.54) is 19.2 Å². The van der Waals surface area contributed by atoms with Crippen LogP contribution in [0.1, 0.15) is 23.6 Å². The second-order valence-corrected chi connectivity index (χ2v) is 6.50. The molecule has 4 rings (SSSR count). The van der Waals surface area contributed by atoms with Crippen LogP contribution in [0.15, 0.2) is 59.2 Å². The molecule has 5 nitrogen and oxygen atoms in total. The van der Waals surface area contributed by atoms with Gasteiger partial charge in [-0.05, 0) is 36.2 Å². The third-order valence-electron chi connectivity index (χ3n) is 4.80. The van der Waals surface area contributed by atoms with E-state index in [1.54, 1.807) is 18.4 Å². The highest BCUT2D eigenvalue weighted by Crippen LogP contribution is 2.36. The van der Waals surface area contributed by atoms with E-state index >= 15 is 0 Å². The van der Waals surface area contributed by atoms with Crippen molar-refractivity contribution in [3.63, 3.8) is 0 Å². The molecule has 2 aromatic carbocycles. The molecule has 1 aliphatic heterocycles. The third kappa shape index (κ3) is 3.43. The van der Waals surface area contributed by atoms with Crippen molar-refractivity contribution in [3.05, 3.63) is 71.9 Å². The number of benzene rings is 2. The SMILES string of the molecule is COC(=O)C1CCN(Cc2coc(-c3cccc(F)c3)n2)c2ccccc21. The Labute approximate surface area is 156 Å². The molecule has 3 aromatic rings. The number of nitrogens with zero attached hydrogens (tertiary/aromatic N) is 2. The number of aromatic nitrogens is 1. The molecule has 0 radical (unpaired) electrons. The number of hydrogen-bond acceptors (Lipinski definition) is 5. The van der Waals surface area contributed by atoms with E-state index in [1.807, 2.05) is 24.3 Å². The molecule has 2 heterocycles. The summed E-state index contributed by atoms with van der Waals surface area (Å²) in [5, 5.41) is 0. The maximum atomic E-state index is 13.4. The predicted molar refractivity (Wildman–Crippen MR) is 98.8 cm³/mol. The van der Waals surface area contributed by atoms with Crippen LogP contribution in [0.5, 0.6) is 0 Å². The molecule has 1 aliphatic rings. The van der Waals surface area contributed by atoms with E-state index in [0.717, 1.165) is 16.9 Å². The second-order valence-electron chi connectivity index (χ2n) is 6.50. The van der Waals surface area contributed by atoms with Gasteiger partial charge in [-0.3, -0.25) is 4.79 Å². The molecule has 0 saturated heterocycles. The van der Waals surface area contributed by atoms with Gasteiger partial charge in [0, 0.05) is 17.8 Å². The van der Waals surface area contributed by atoms with E-state index in [2.05, 4.69) is 9.88 Å². The molecule has 0 saturated carbocycles. The van der Waals surface area contributed by atoms with Crippen LogP contribution in [0.4, 0.5) is 10.1 Å². The van der Waals surface area contributed by atoms with Gasteiger partial charge in [0.05, 0.1) is 25.3 Å². The molecule has 0 N–H and O–H groups in total. The number of hydrogen-bond donors (Lipinski definition) is 0. The van der Waals surface area contributed by atoms with Gasteiger partial charge >= 0.3 is 5.97 Å². The predicted octanol–water partition coefficient (Wildman–Crippen LogP) is 4.15. The van der Waals surface area contributed by atoms with Crippen molar-refractivity contribution in [1.82, 2.24) is 4.98 Å². The van der Waals surface area contributed by atoms with E-state index in [-0.39, 0.29) is 17.7 Å². The van der Waals surface area contributed by atoms with Gasteiger partial charge in [-0.1, -0.05) is 24.3 Å². The van der Waals surface area contributed by atoms with Crippen LogP contribution >= 0.6 is 0 Å². The van der Waals surface area contributed by atoms with E-state index < -0.39 is 0 Å². The summed E-state index contributed by atoms with van der Waals surface area (Å²) in [6.45, 7) is 1.25. The van der Waals surface area contributed by atoms with Crippen LogP contribution in [0.3, 0.4) is 0 Å². The molecule has 1 atom stereocenters. The van der Waals surface area contributed by atoms with Crippen LogP contribution in [0, 0.1) is 5.82 Å². The Bertz CT molecular complexity index is 969. The quantitative estimate of drug-likeness (QED) is 0.650. The number of rotatable bonds is 4. The molecule has 1 unspecified atom stereocenters. The van der Waals surface area contributed by atoms with Gasteiger partial charge in [0.25, 0.3) is 0 Å². The van der Waals surface area contributed by atoms with Crippen LogP contribution in [0.2, 0.25) is 0 Å². The van der Waals surface area contributed by atoms with Gasteiger partial charge in [0.15, 0.2) is 0 Å². The van der Waals surface area contributed by atoms with E-state index in [0.29, 0.717) is 31.0 Å². The van der Waals surface area contributed by atoms with Crippen molar-refractivity contribution in [3.8, 4) is 11.5 Å². The lowest BCUT2D eigenvalue weighted by molar-refractivity contribution is -0.142. The summed E-state index contributed by atoms with van der Waals surface area (Å²) < 4.78 is 23.9. The fraction of sp³-hybridized carbons (Fsp3) is 0.238. The standard InChI is InChI=1S/C21H19FN2O3/c1-26-21(25)18-9-10-24(19-8-3-2-7-17(18)19)12-16-13-27-20(23-16)14-5-4-6-15(22)11-14/h2-8,11,13,18H,9-10,12H2,1H3. The summed E-state index contributed by atoms with van der Waals surface area (Å²) in [5.74, 6) is -0.396. The Balaban J connectivity index is 1.57. The van der Waals surface area contributed by atoms with Crippen LogP contribution in [0.25, 0.3) is 11.5 Å². The highest BCUT2D eigenvalue weighted by Gasteiger charge is 2.30. The molecular formula is C21H19FN2O3. The van der Waals surface area contributed by atoms with Crippen molar-refractivity contribution >= 4 is 11.7 Å². The molecule has 0 bridgehead atoms. The zero-order chi connectivity index (χ0) is 18.8. The number of carbonyl (C=O) groups is 1. The zero-order valence-electron chi connectivity index (χ0n) is 14.9. The zero-order valence-corrected chi connectivity index (χ0v) is 14.9. The average molecular weight is 366 g/mol. The highest BCUT2D eigenvalue weighted by atomic mass is 19.1. The van der Waals surface area contributed by atoms with Gasteiger partial charge < -0.3 is 14.1 Å². The Hall–Kier alpha value is -3.15. The number of para-hydroxylation sites is 1. The first-order valence-electron chi connectivity index (χ1n) is 8.78. The summed E-state index contributed by atoms with van der Waals surface area (Å²) in [5.41, 5.74) is 3.31. The number of carbonyl (C=O) groups excluding carboxylic acids is 1. The lowest BCUT2D eigenvalue weighted by atomic mass is 9.90. The highest BCUT2D eigenvalue weighted by molar-refractivity contribution is 5.81. The van der Waals surface area contributed by atoms with Crippen LogP contribution < -0.4 is 4.90 Å². The number of methoxy groups -OCH3 is 1. The number of fused-ring (bicyclic) bond motifs is 1. The molecule has 0 fully saturated rings. The lowest BCUT2D eigenvalue weighted by Gasteiger charge is -2.34. The van der Waals surface area contributed by atoms with Gasteiger partial charge in [0.2, 0.25) is 5.89 Å². The van der Waals surface area contributed by atoms with Gasteiger partial charge in [-0.15, -0.1) is 0 Å². The molecular weight excluding hydrogens is 347 g/mol. The lowest BCUT2D eigenvalue weighted by Crippen LogP contribution is -2.33. The fourth-order valence-electron chi connectivity index (χ4n) is 3.51. The van der Waals surface area contributed by atoms with Crippen molar-refractivity contribution < 1.29 is 18.3 Å². The van der Waals surface area contributed by atoms with Crippen LogP contribution in [-0.4, -0.2) is 24.6 Å². The average Bonchev–Trinajstić information content (AvgIpc) is 3.16. The van der Waals surface area contributed by atoms with Crippen molar-refractivity contribution in [2.45, 2.75) is 18.9 Å². The summed E-state index contributed by atoms with van der Waals surface area (Å²) in [6.07, 6.45) is 2.27. The normalized spacial score (nSPS) is 16.1. The molecule has 138 valence electrons. The van der Waals surface area contributed by atoms with Crippen molar-refractivity contribution in [2.24, 2.45) is 0 Å². The fourth-order valence-corrected chi connectivity index (χ4v) is 3.51. The van der Waals surface area contributed by atoms with Gasteiger partial charge in [-0.2, -0.15) is 0 Å². The Morgan fingerprint density at radius 1 is 1.30 bits per heavy atom. The maximum absolute atomic E-state index is 13.4. The number of oxazole rings is 1. The molecule has 0 amide bonds. The number of halogens is 1. The number of ether oxygens (including phenoxy) is 1. The topological polar surface area (TPSA) is 55.6 Å². The number of esters is 1. The molecule has 6 heteroatoms. The van der Waals surface area contributed by atoms with Gasteiger partial charge in [0.1, 0.15) is 12.1 Å². The van der Waals surface area contributed by atoms with Crippen molar-refractivity contribution in [2.75, 3.05) is 18.6 Å². The van der Waals surface area contributed by atoms with Crippen molar-refractivity contribution in [1.29, 1.82) is 0 Å². The summed E-state index contributed by atoms with van der Waals surface area (Å²) in [7, 11) is 1.42. The smallest absolute Gasteiger partial charge is 0.313 e. The summed E-state index contributed by atoms with van der Waals surface area (Å²) >= 11 is 0. The van der Waals surface area contributed by atoms with Crippen LogP contribution in [-0.2, 0) is 16.1 Å². The largest absolute Gasteiger partial charge is 0.469 e. The minimum atomic E-state index is -0.328. The first-order valence-corrected chi connectivity index (χ1v) is 8.78. The summed E-state index contributed by atoms with van der Waals surface area (Å²) in [6, 6.07) is 14.0. The minimum Gasteiger partial charge on any atom is -0.469 e. The number of anilines is 1. The van der Waals surface area contributed by atoms with E-state index in [4.69, 9.17) is 9.15 Å². The molecule has 0 spiro atoms. The minimum absolute atomic E-state index is 0.211. The first-order chi connectivity index (χ1) is 13.2. The Morgan fingerprint density at radius 2 is 2.15 bits per heavy atom. The Morgan fingerprint density at radius 3 is 2.96 bits per heavy atom. The maximum Gasteiger partial charge on any atom is 0.313 e. The summed E-state index contributed by atoms with van der Waals surface area (Å²) in [4.78, 5) is 18.7.